The van der Waals surface area contributed by atoms with E-state index in [0.29, 0.717) is 5.92 Å². The first-order chi connectivity index (χ1) is 6.13. The normalized spacial score (nSPS) is 11.2. The van der Waals surface area contributed by atoms with E-state index < -0.39 is 0 Å². The Morgan fingerprint density at radius 3 is 2.69 bits per heavy atom. The molecule has 0 aromatic carbocycles. The van der Waals surface area contributed by atoms with E-state index >= 15 is 0 Å². The number of thiazole rings is 1. The second kappa shape index (κ2) is 4.72. The Kier molecular flexibility index (Phi) is 3.88. The van der Waals surface area contributed by atoms with Gasteiger partial charge in [0.25, 0.3) is 0 Å². The van der Waals surface area contributed by atoms with Gasteiger partial charge in [-0.1, -0.05) is 13.8 Å². The quantitative estimate of drug-likeness (QED) is 0.805. The Labute approximate surface area is 84.2 Å². The van der Waals surface area contributed by atoms with Crippen LogP contribution >= 0.6 is 11.3 Å². The standard InChI is InChI=1S/C10H18N2S/c1-7(2)6-10-12-8(3)9(13-10)4-5-11/h7H,4-6,11H2,1-3H3. The average molecular weight is 198 g/mol. The van der Waals surface area contributed by atoms with Gasteiger partial charge in [0.1, 0.15) is 0 Å². The van der Waals surface area contributed by atoms with Crippen molar-refractivity contribution in [2.45, 2.75) is 33.6 Å². The number of aryl methyl sites for hydroxylation is 1. The summed E-state index contributed by atoms with van der Waals surface area (Å²) in [6, 6.07) is 0. The highest BCUT2D eigenvalue weighted by molar-refractivity contribution is 7.11. The van der Waals surface area contributed by atoms with E-state index in [1.807, 2.05) is 11.3 Å². The van der Waals surface area contributed by atoms with Crippen molar-refractivity contribution in [3.05, 3.63) is 15.6 Å². The molecule has 2 N–H and O–H groups in total. The summed E-state index contributed by atoms with van der Waals surface area (Å²) in [5.74, 6) is 0.691. The number of rotatable bonds is 4. The zero-order chi connectivity index (χ0) is 9.84. The Morgan fingerprint density at radius 2 is 2.15 bits per heavy atom. The van der Waals surface area contributed by atoms with Crippen molar-refractivity contribution in [3.63, 3.8) is 0 Å². The van der Waals surface area contributed by atoms with Gasteiger partial charge in [-0.25, -0.2) is 4.98 Å². The van der Waals surface area contributed by atoms with E-state index in [9.17, 15) is 0 Å². The summed E-state index contributed by atoms with van der Waals surface area (Å²) in [5, 5.41) is 1.26. The molecule has 1 aromatic heterocycles. The minimum absolute atomic E-state index is 0.691. The van der Waals surface area contributed by atoms with Crippen LogP contribution < -0.4 is 5.73 Å². The molecule has 1 rings (SSSR count). The fourth-order valence-electron chi connectivity index (χ4n) is 1.29. The van der Waals surface area contributed by atoms with Crippen LogP contribution in [0, 0.1) is 12.8 Å². The van der Waals surface area contributed by atoms with Crippen molar-refractivity contribution in [2.75, 3.05) is 6.54 Å². The van der Waals surface area contributed by atoms with Gasteiger partial charge in [0.15, 0.2) is 0 Å². The topological polar surface area (TPSA) is 38.9 Å². The van der Waals surface area contributed by atoms with Crippen molar-refractivity contribution in [3.8, 4) is 0 Å². The van der Waals surface area contributed by atoms with Gasteiger partial charge in [-0.2, -0.15) is 0 Å². The summed E-state index contributed by atoms with van der Waals surface area (Å²) in [7, 11) is 0. The summed E-state index contributed by atoms with van der Waals surface area (Å²) < 4.78 is 0. The van der Waals surface area contributed by atoms with E-state index in [0.717, 1.165) is 19.4 Å². The third kappa shape index (κ3) is 3.08. The fraction of sp³-hybridized carbons (Fsp3) is 0.700. The highest BCUT2D eigenvalue weighted by Gasteiger charge is 2.07. The van der Waals surface area contributed by atoms with E-state index in [1.54, 1.807) is 0 Å². The molecule has 0 aliphatic heterocycles. The number of nitrogens with zero attached hydrogens (tertiary/aromatic N) is 1. The van der Waals surface area contributed by atoms with Gasteiger partial charge < -0.3 is 5.73 Å². The molecule has 0 aliphatic rings. The molecule has 0 amide bonds. The van der Waals surface area contributed by atoms with Gasteiger partial charge in [0.2, 0.25) is 0 Å². The third-order valence-corrected chi connectivity index (χ3v) is 3.13. The van der Waals surface area contributed by atoms with Crippen LogP contribution in [-0.4, -0.2) is 11.5 Å². The van der Waals surface area contributed by atoms with Gasteiger partial charge in [0, 0.05) is 11.3 Å². The van der Waals surface area contributed by atoms with Crippen LogP contribution in [0.25, 0.3) is 0 Å². The molecule has 3 heteroatoms. The summed E-state index contributed by atoms with van der Waals surface area (Å²) in [5.41, 5.74) is 6.69. The lowest BCUT2D eigenvalue weighted by atomic mass is 10.1. The molecule has 2 nitrogen and oxygen atoms in total. The maximum absolute atomic E-state index is 5.52. The first kappa shape index (κ1) is 10.7. The van der Waals surface area contributed by atoms with Crippen molar-refractivity contribution < 1.29 is 0 Å². The average Bonchev–Trinajstić information content (AvgIpc) is 2.31. The molecular formula is C10H18N2S. The highest BCUT2D eigenvalue weighted by atomic mass is 32.1. The second-order valence-corrected chi connectivity index (χ2v) is 4.92. The maximum atomic E-state index is 5.52. The molecule has 0 bridgehead atoms. The molecule has 0 saturated carbocycles. The molecule has 0 atom stereocenters. The van der Waals surface area contributed by atoms with Crippen LogP contribution in [0.5, 0.6) is 0 Å². The van der Waals surface area contributed by atoms with Gasteiger partial charge >= 0.3 is 0 Å². The number of nitrogens with two attached hydrogens (primary N) is 1. The summed E-state index contributed by atoms with van der Waals surface area (Å²) in [4.78, 5) is 5.89. The Bertz CT molecular complexity index is 266. The van der Waals surface area contributed by atoms with Crippen molar-refractivity contribution in [1.29, 1.82) is 0 Å². The first-order valence-corrected chi connectivity index (χ1v) is 5.60. The first-order valence-electron chi connectivity index (χ1n) is 4.78. The third-order valence-electron chi connectivity index (χ3n) is 1.89. The lowest BCUT2D eigenvalue weighted by molar-refractivity contribution is 0.643. The molecule has 0 radical (unpaired) electrons. The van der Waals surface area contributed by atoms with Crippen LogP contribution in [0.15, 0.2) is 0 Å². The van der Waals surface area contributed by atoms with Crippen molar-refractivity contribution >= 4 is 11.3 Å². The van der Waals surface area contributed by atoms with Crippen LogP contribution in [0.3, 0.4) is 0 Å². The van der Waals surface area contributed by atoms with Gasteiger partial charge in [0.05, 0.1) is 10.7 Å². The molecule has 13 heavy (non-hydrogen) atoms. The maximum Gasteiger partial charge on any atom is 0.0933 e. The second-order valence-electron chi connectivity index (χ2n) is 3.75. The lowest BCUT2D eigenvalue weighted by Gasteiger charge is -1.98. The number of hydrogen-bond donors (Lipinski definition) is 1. The van der Waals surface area contributed by atoms with Crippen LogP contribution in [-0.2, 0) is 12.8 Å². The molecular weight excluding hydrogens is 180 g/mol. The molecule has 0 fully saturated rings. The van der Waals surface area contributed by atoms with E-state index in [1.165, 1.54) is 15.6 Å². The summed E-state index contributed by atoms with van der Waals surface area (Å²) in [6.45, 7) is 7.24. The van der Waals surface area contributed by atoms with Gasteiger partial charge in [-0.05, 0) is 25.8 Å². The number of hydrogen-bond acceptors (Lipinski definition) is 3. The molecule has 0 saturated heterocycles. The lowest BCUT2D eigenvalue weighted by Crippen LogP contribution is -2.01. The Balaban J connectivity index is 2.70. The molecule has 1 aromatic rings. The molecule has 1 heterocycles. The smallest absolute Gasteiger partial charge is 0.0933 e. The fourth-order valence-corrected chi connectivity index (χ4v) is 2.58. The monoisotopic (exact) mass is 198 g/mol. The van der Waals surface area contributed by atoms with Crippen molar-refractivity contribution in [1.82, 2.24) is 4.98 Å². The van der Waals surface area contributed by atoms with Crippen LogP contribution in [0.2, 0.25) is 0 Å². The van der Waals surface area contributed by atoms with Gasteiger partial charge in [-0.3, -0.25) is 0 Å². The Hall–Kier alpha value is -0.410. The largest absolute Gasteiger partial charge is 0.330 e. The van der Waals surface area contributed by atoms with E-state index in [-0.39, 0.29) is 0 Å². The SMILES string of the molecule is Cc1nc(CC(C)C)sc1CCN. The van der Waals surface area contributed by atoms with E-state index in [2.05, 4.69) is 25.8 Å². The van der Waals surface area contributed by atoms with E-state index in [4.69, 9.17) is 5.73 Å². The number of aromatic nitrogens is 1. The Morgan fingerprint density at radius 1 is 1.46 bits per heavy atom. The van der Waals surface area contributed by atoms with Gasteiger partial charge in [-0.15, -0.1) is 11.3 Å². The molecule has 0 unspecified atom stereocenters. The molecule has 0 aliphatic carbocycles. The predicted molar refractivity (Wildman–Crippen MR) is 58.2 cm³/mol. The molecule has 74 valence electrons. The summed E-state index contributed by atoms with van der Waals surface area (Å²) >= 11 is 1.82. The zero-order valence-electron chi connectivity index (χ0n) is 8.63. The zero-order valence-corrected chi connectivity index (χ0v) is 9.45. The highest BCUT2D eigenvalue weighted by Crippen LogP contribution is 2.20. The molecule has 0 spiro atoms. The summed E-state index contributed by atoms with van der Waals surface area (Å²) in [6.07, 6.45) is 2.07. The minimum Gasteiger partial charge on any atom is -0.330 e. The van der Waals surface area contributed by atoms with Crippen LogP contribution in [0.1, 0.15) is 29.4 Å². The minimum atomic E-state index is 0.691. The van der Waals surface area contributed by atoms with Crippen LogP contribution in [0.4, 0.5) is 0 Å². The van der Waals surface area contributed by atoms with Crippen molar-refractivity contribution in [2.24, 2.45) is 11.7 Å². The predicted octanol–water partition coefficient (Wildman–Crippen LogP) is 2.15.